The van der Waals surface area contributed by atoms with E-state index in [4.69, 9.17) is 5.73 Å². The number of nitrogens with two attached hydrogens (primary N) is 1. The van der Waals surface area contributed by atoms with Gasteiger partial charge in [-0.3, -0.25) is 9.69 Å². The summed E-state index contributed by atoms with van der Waals surface area (Å²) < 4.78 is 0. The van der Waals surface area contributed by atoms with Crippen LogP contribution >= 0.6 is 0 Å². The fourth-order valence-electron chi connectivity index (χ4n) is 4.56. The van der Waals surface area contributed by atoms with Gasteiger partial charge in [-0.05, 0) is 24.7 Å². The van der Waals surface area contributed by atoms with E-state index in [1.807, 2.05) is 0 Å². The molecule has 4 nitrogen and oxygen atoms in total. The average molecular weight is 394 g/mol. The summed E-state index contributed by atoms with van der Waals surface area (Å²) in [5.74, 6) is 1.11. The molecule has 0 radical (unpaired) electrons. The number of carbonyl (C=O) groups excluding carboxylic acids is 1. The van der Waals surface area contributed by atoms with Crippen molar-refractivity contribution in [3.05, 3.63) is 12.2 Å². The highest BCUT2D eigenvalue weighted by Crippen LogP contribution is 2.33. The van der Waals surface area contributed by atoms with Gasteiger partial charge in [0.2, 0.25) is 5.91 Å². The molecule has 0 aromatic rings. The van der Waals surface area contributed by atoms with Crippen molar-refractivity contribution in [2.24, 2.45) is 23.0 Å². The zero-order chi connectivity index (χ0) is 21.2. The molecule has 0 aromatic heterocycles. The fraction of sp³-hybridized carbons (Fsp3) is 0.875. The van der Waals surface area contributed by atoms with Crippen molar-refractivity contribution in [1.82, 2.24) is 10.2 Å². The molecule has 1 saturated heterocycles. The van der Waals surface area contributed by atoms with Crippen LogP contribution in [0.5, 0.6) is 0 Å². The van der Waals surface area contributed by atoms with Crippen LogP contribution in [0.25, 0.3) is 0 Å². The first-order chi connectivity index (χ1) is 13.3. The predicted octanol–water partition coefficient (Wildman–Crippen LogP) is 5.09. The summed E-state index contributed by atoms with van der Waals surface area (Å²) in [7, 11) is 0. The highest BCUT2D eigenvalue weighted by atomic mass is 16.1. The highest BCUT2D eigenvalue weighted by Gasteiger charge is 2.40. The second-order valence-corrected chi connectivity index (χ2v) is 9.30. The fourth-order valence-corrected chi connectivity index (χ4v) is 4.56. The van der Waals surface area contributed by atoms with Crippen LogP contribution in [-0.2, 0) is 4.79 Å². The Morgan fingerprint density at radius 2 is 1.71 bits per heavy atom. The Bertz CT molecular complexity index is 478. The summed E-state index contributed by atoms with van der Waals surface area (Å²) in [5.41, 5.74) is 5.87. The van der Waals surface area contributed by atoms with Gasteiger partial charge in [0.25, 0.3) is 0 Å². The number of hydrogen-bond acceptors (Lipinski definition) is 3. The van der Waals surface area contributed by atoms with Crippen LogP contribution in [0.4, 0.5) is 0 Å². The van der Waals surface area contributed by atoms with Crippen molar-refractivity contribution >= 4 is 5.91 Å². The average Bonchev–Trinajstić information content (AvgIpc) is 2.69. The van der Waals surface area contributed by atoms with E-state index in [-0.39, 0.29) is 11.3 Å². The van der Waals surface area contributed by atoms with E-state index in [2.05, 4.69) is 51.4 Å². The molecule has 0 bridgehead atoms. The maximum atomic E-state index is 11.8. The third kappa shape index (κ3) is 7.51. The number of carbonyl (C=O) groups is 1. The number of rotatable bonds is 14. The van der Waals surface area contributed by atoms with Crippen molar-refractivity contribution in [3.63, 3.8) is 0 Å². The van der Waals surface area contributed by atoms with Crippen LogP contribution in [0.2, 0.25) is 0 Å². The van der Waals surface area contributed by atoms with Gasteiger partial charge in [-0.2, -0.15) is 0 Å². The van der Waals surface area contributed by atoms with Crippen molar-refractivity contribution in [1.29, 1.82) is 0 Å². The van der Waals surface area contributed by atoms with Crippen molar-refractivity contribution in [2.75, 3.05) is 19.6 Å². The van der Waals surface area contributed by atoms with Gasteiger partial charge in [-0.15, -0.1) is 0 Å². The van der Waals surface area contributed by atoms with E-state index >= 15 is 0 Å². The van der Waals surface area contributed by atoms with Gasteiger partial charge in [0.05, 0.1) is 6.17 Å². The molecule has 4 heteroatoms. The standard InChI is InChI=1S/C24H47N3O/c1-7-11-13-20(9-3)15-22-26-17-24(6,19(5)23(25)28)18-27(22)16-21(10-4)14-12-8-2/h20-22,26H,5,7-18H2,1-4,6H3,(H2,25,28). The number of nitrogens with zero attached hydrogens (tertiary/aromatic N) is 1. The molecule has 3 N–H and O–H groups in total. The maximum Gasteiger partial charge on any atom is 0.244 e. The Hall–Kier alpha value is -0.870. The molecular weight excluding hydrogens is 346 g/mol. The third-order valence-electron chi connectivity index (χ3n) is 6.88. The third-order valence-corrected chi connectivity index (χ3v) is 6.88. The second kappa shape index (κ2) is 12.6. The molecule has 1 amide bonds. The van der Waals surface area contributed by atoms with Crippen LogP contribution < -0.4 is 11.1 Å². The smallest absolute Gasteiger partial charge is 0.244 e. The van der Waals surface area contributed by atoms with Crippen molar-refractivity contribution in [2.45, 2.75) is 98.6 Å². The molecule has 0 aromatic carbocycles. The van der Waals surface area contributed by atoms with Crippen molar-refractivity contribution < 1.29 is 4.79 Å². The first-order valence-corrected chi connectivity index (χ1v) is 11.8. The van der Waals surface area contributed by atoms with E-state index in [9.17, 15) is 4.79 Å². The van der Waals surface area contributed by atoms with E-state index in [1.54, 1.807) is 0 Å². The van der Waals surface area contributed by atoms with Gasteiger partial charge in [-0.1, -0.05) is 86.1 Å². The number of primary amides is 1. The molecule has 1 heterocycles. The summed E-state index contributed by atoms with van der Waals surface area (Å²) >= 11 is 0. The molecule has 4 atom stereocenters. The van der Waals surface area contributed by atoms with Gasteiger partial charge in [0.1, 0.15) is 0 Å². The summed E-state index contributed by atoms with van der Waals surface area (Å²) in [6, 6.07) is 0. The van der Waals surface area contributed by atoms with Crippen LogP contribution in [0.1, 0.15) is 92.4 Å². The van der Waals surface area contributed by atoms with Gasteiger partial charge in [0, 0.05) is 30.6 Å². The lowest BCUT2D eigenvalue weighted by Crippen LogP contribution is -2.61. The minimum atomic E-state index is -0.366. The first-order valence-electron chi connectivity index (χ1n) is 11.8. The van der Waals surface area contributed by atoms with Gasteiger partial charge < -0.3 is 11.1 Å². The molecule has 4 unspecified atom stereocenters. The Morgan fingerprint density at radius 1 is 1.14 bits per heavy atom. The van der Waals surface area contributed by atoms with Crippen LogP contribution in [0.3, 0.4) is 0 Å². The lowest BCUT2D eigenvalue weighted by Gasteiger charge is -2.48. The van der Waals surface area contributed by atoms with E-state index in [0.717, 1.165) is 25.6 Å². The van der Waals surface area contributed by atoms with Crippen molar-refractivity contribution in [3.8, 4) is 0 Å². The minimum absolute atomic E-state index is 0.281. The SMILES string of the molecule is C=C(C(N)=O)C1(C)CNC(CC(CC)CCCC)N(CC(CC)CCCC)C1. The van der Waals surface area contributed by atoms with Gasteiger partial charge >= 0.3 is 0 Å². The Balaban J connectivity index is 2.93. The zero-order valence-electron chi connectivity index (χ0n) is 19.4. The molecule has 1 rings (SSSR count). The summed E-state index contributed by atoms with van der Waals surface area (Å²) in [4.78, 5) is 14.4. The van der Waals surface area contributed by atoms with Crippen LogP contribution in [0, 0.1) is 17.3 Å². The second-order valence-electron chi connectivity index (χ2n) is 9.30. The molecule has 0 aliphatic carbocycles. The molecular formula is C24H47N3O. The molecule has 1 aliphatic heterocycles. The van der Waals surface area contributed by atoms with E-state index < -0.39 is 0 Å². The molecule has 164 valence electrons. The lowest BCUT2D eigenvalue weighted by molar-refractivity contribution is -0.116. The number of nitrogens with one attached hydrogen (secondary N) is 1. The predicted molar refractivity (Wildman–Crippen MR) is 121 cm³/mol. The summed E-state index contributed by atoms with van der Waals surface area (Å²) in [6.45, 7) is 18.1. The first kappa shape index (κ1) is 25.2. The van der Waals surface area contributed by atoms with Gasteiger partial charge in [-0.25, -0.2) is 0 Å². The maximum absolute atomic E-state index is 11.8. The number of amides is 1. The minimum Gasteiger partial charge on any atom is -0.366 e. The summed E-state index contributed by atoms with van der Waals surface area (Å²) in [5, 5.41) is 3.78. The van der Waals surface area contributed by atoms with Crippen LogP contribution in [0.15, 0.2) is 12.2 Å². The quantitative estimate of drug-likeness (QED) is 0.404. The van der Waals surface area contributed by atoms with Gasteiger partial charge in [0.15, 0.2) is 0 Å². The molecule has 1 fully saturated rings. The topological polar surface area (TPSA) is 58.4 Å². The van der Waals surface area contributed by atoms with E-state index in [0.29, 0.717) is 17.7 Å². The molecule has 0 saturated carbocycles. The highest BCUT2D eigenvalue weighted by molar-refractivity contribution is 5.92. The van der Waals surface area contributed by atoms with Crippen LogP contribution in [-0.4, -0.2) is 36.6 Å². The zero-order valence-corrected chi connectivity index (χ0v) is 19.4. The summed E-state index contributed by atoms with van der Waals surface area (Å²) in [6.07, 6.45) is 11.8. The number of hydrogen-bond donors (Lipinski definition) is 2. The Kier molecular flexibility index (Phi) is 11.4. The lowest BCUT2D eigenvalue weighted by atomic mass is 9.78. The monoisotopic (exact) mass is 393 g/mol. The Labute approximate surface area is 174 Å². The molecule has 28 heavy (non-hydrogen) atoms. The normalized spacial score (nSPS) is 25.4. The molecule has 1 aliphatic rings. The molecule has 0 spiro atoms. The number of unbranched alkanes of at least 4 members (excludes halogenated alkanes) is 2. The largest absolute Gasteiger partial charge is 0.366 e. The Morgan fingerprint density at radius 3 is 2.21 bits per heavy atom. The van der Waals surface area contributed by atoms with E-state index in [1.165, 1.54) is 57.8 Å².